The summed E-state index contributed by atoms with van der Waals surface area (Å²) in [5.41, 5.74) is 2.04. The minimum atomic E-state index is -0.691. The summed E-state index contributed by atoms with van der Waals surface area (Å²) in [5, 5.41) is 7.88. The summed E-state index contributed by atoms with van der Waals surface area (Å²) in [7, 11) is 1.29. The molecule has 0 spiro atoms. The van der Waals surface area contributed by atoms with Crippen LogP contribution in [0.4, 0.5) is 4.79 Å². The van der Waals surface area contributed by atoms with Crippen LogP contribution in [0.15, 0.2) is 24.3 Å². The maximum atomic E-state index is 12.8. The summed E-state index contributed by atoms with van der Waals surface area (Å²) in [4.78, 5) is 26.1. The Bertz CT molecular complexity index is 979. The number of rotatable bonds is 5. The lowest BCUT2D eigenvalue weighted by Gasteiger charge is -2.22. The van der Waals surface area contributed by atoms with Crippen molar-refractivity contribution in [1.82, 2.24) is 15.1 Å². The van der Waals surface area contributed by atoms with Crippen LogP contribution in [0.3, 0.4) is 0 Å². The van der Waals surface area contributed by atoms with Crippen molar-refractivity contribution < 1.29 is 23.8 Å². The second kappa shape index (κ2) is 8.47. The highest BCUT2D eigenvalue weighted by Crippen LogP contribution is 2.47. The second-order valence-corrected chi connectivity index (χ2v) is 7.84. The summed E-state index contributed by atoms with van der Waals surface area (Å²) in [6.45, 7) is 2.34. The van der Waals surface area contributed by atoms with E-state index in [1.54, 1.807) is 0 Å². The molecule has 0 N–H and O–H groups in total. The molecule has 2 fully saturated rings. The lowest BCUT2D eigenvalue weighted by molar-refractivity contribution is -0.145. The van der Waals surface area contributed by atoms with Crippen LogP contribution in [-0.2, 0) is 9.53 Å². The fourth-order valence-electron chi connectivity index (χ4n) is 3.63. The molecule has 0 radical (unpaired) electrons. The standard InChI is InChI=1S/C21H22ClN3O5/c1-12-5-3-6-14(13-8-9-13)18(12)30-19-16(11-17(22)23-24-19)29-21(27)25-10-4-7-15(25)20(26)28-2/h3,5-6,11,13,15H,4,7-10H2,1-2H3. The molecule has 9 heteroatoms. The van der Waals surface area contributed by atoms with E-state index in [2.05, 4.69) is 10.2 Å². The molecular weight excluding hydrogens is 410 g/mol. The number of ether oxygens (including phenoxy) is 3. The van der Waals surface area contributed by atoms with Gasteiger partial charge in [0, 0.05) is 12.6 Å². The van der Waals surface area contributed by atoms with Crippen LogP contribution in [0.5, 0.6) is 17.4 Å². The van der Waals surface area contributed by atoms with Crippen LogP contribution in [0.2, 0.25) is 5.15 Å². The number of hydrogen-bond acceptors (Lipinski definition) is 7. The number of para-hydroxylation sites is 1. The highest BCUT2D eigenvalue weighted by molar-refractivity contribution is 6.29. The zero-order valence-corrected chi connectivity index (χ0v) is 17.5. The number of benzene rings is 1. The number of aryl methyl sites for hydroxylation is 1. The summed E-state index contributed by atoms with van der Waals surface area (Å²) < 4.78 is 16.4. The SMILES string of the molecule is COC(=O)C1CCCN1C(=O)Oc1cc(Cl)nnc1Oc1c(C)cccc1C1CC1. The van der Waals surface area contributed by atoms with E-state index in [9.17, 15) is 9.59 Å². The van der Waals surface area contributed by atoms with Gasteiger partial charge in [-0.1, -0.05) is 29.8 Å². The average Bonchev–Trinajstić information content (AvgIpc) is 3.46. The van der Waals surface area contributed by atoms with Crippen molar-refractivity contribution >= 4 is 23.7 Å². The van der Waals surface area contributed by atoms with Crippen LogP contribution < -0.4 is 9.47 Å². The van der Waals surface area contributed by atoms with Gasteiger partial charge in [0.2, 0.25) is 0 Å². The summed E-state index contributed by atoms with van der Waals surface area (Å²) in [6.07, 6.45) is 2.73. The number of carbonyl (C=O) groups excluding carboxylic acids is 2. The molecule has 1 aliphatic heterocycles. The van der Waals surface area contributed by atoms with Gasteiger partial charge >= 0.3 is 12.1 Å². The normalized spacial score (nSPS) is 18.2. The van der Waals surface area contributed by atoms with E-state index in [1.165, 1.54) is 18.1 Å². The van der Waals surface area contributed by atoms with Crippen molar-refractivity contribution in [2.75, 3.05) is 13.7 Å². The number of esters is 1. The molecule has 1 saturated heterocycles. The van der Waals surface area contributed by atoms with Crippen LogP contribution in [0.1, 0.15) is 42.7 Å². The lowest BCUT2D eigenvalue weighted by atomic mass is 10.1. The molecule has 1 saturated carbocycles. The van der Waals surface area contributed by atoms with Gasteiger partial charge in [-0.05, 0) is 49.7 Å². The first-order valence-corrected chi connectivity index (χ1v) is 10.2. The first kappa shape index (κ1) is 20.4. The van der Waals surface area contributed by atoms with Gasteiger partial charge in [-0.3, -0.25) is 4.90 Å². The molecular formula is C21H22ClN3O5. The third kappa shape index (κ3) is 4.18. The lowest BCUT2D eigenvalue weighted by Crippen LogP contribution is -2.42. The van der Waals surface area contributed by atoms with E-state index < -0.39 is 18.1 Å². The quantitative estimate of drug-likeness (QED) is 0.653. The largest absolute Gasteiger partial charge is 0.467 e. The predicted molar refractivity (Wildman–Crippen MR) is 108 cm³/mol. The van der Waals surface area contributed by atoms with Crippen LogP contribution in [-0.4, -0.2) is 46.9 Å². The molecule has 1 aliphatic carbocycles. The van der Waals surface area contributed by atoms with E-state index in [1.807, 2.05) is 25.1 Å². The second-order valence-electron chi connectivity index (χ2n) is 7.45. The number of methoxy groups -OCH3 is 1. The average molecular weight is 432 g/mol. The zero-order valence-electron chi connectivity index (χ0n) is 16.8. The van der Waals surface area contributed by atoms with Gasteiger partial charge in [0.1, 0.15) is 11.8 Å². The van der Waals surface area contributed by atoms with Gasteiger partial charge in [-0.15, -0.1) is 10.2 Å². The molecule has 2 heterocycles. The molecule has 1 atom stereocenters. The topological polar surface area (TPSA) is 90.9 Å². The van der Waals surface area contributed by atoms with E-state index in [0.717, 1.165) is 24.0 Å². The molecule has 1 aromatic heterocycles. The molecule has 4 rings (SSSR count). The number of likely N-dealkylation sites (tertiary alicyclic amines) is 1. The van der Waals surface area contributed by atoms with Crippen molar-refractivity contribution in [3.8, 4) is 17.4 Å². The number of halogens is 1. The molecule has 2 aliphatic rings. The minimum Gasteiger partial charge on any atom is -0.467 e. The molecule has 158 valence electrons. The Balaban J connectivity index is 1.59. The predicted octanol–water partition coefficient (Wildman–Crippen LogP) is 4.24. The number of nitrogens with zero attached hydrogens (tertiary/aromatic N) is 3. The fourth-order valence-corrected chi connectivity index (χ4v) is 3.77. The van der Waals surface area contributed by atoms with E-state index in [-0.39, 0.29) is 16.8 Å². The maximum absolute atomic E-state index is 12.8. The Morgan fingerprint density at radius 3 is 2.73 bits per heavy atom. The molecule has 1 aromatic carbocycles. The molecule has 30 heavy (non-hydrogen) atoms. The Labute approximate surface area is 179 Å². The van der Waals surface area contributed by atoms with Crippen LogP contribution >= 0.6 is 11.6 Å². The Kier molecular flexibility index (Phi) is 5.76. The van der Waals surface area contributed by atoms with Crippen LogP contribution in [0.25, 0.3) is 0 Å². The highest BCUT2D eigenvalue weighted by Gasteiger charge is 2.37. The molecule has 1 amide bonds. The molecule has 2 aromatic rings. The molecule has 1 unspecified atom stereocenters. The van der Waals surface area contributed by atoms with Crippen molar-refractivity contribution in [3.63, 3.8) is 0 Å². The smallest absolute Gasteiger partial charge is 0.416 e. The monoisotopic (exact) mass is 431 g/mol. The molecule has 8 nitrogen and oxygen atoms in total. The first-order chi connectivity index (χ1) is 14.5. The third-order valence-corrected chi connectivity index (χ3v) is 5.50. The van der Waals surface area contributed by atoms with Gasteiger partial charge < -0.3 is 14.2 Å². The third-order valence-electron chi connectivity index (χ3n) is 5.31. The van der Waals surface area contributed by atoms with E-state index in [0.29, 0.717) is 31.1 Å². The van der Waals surface area contributed by atoms with Gasteiger partial charge in [0.25, 0.3) is 5.88 Å². The zero-order chi connectivity index (χ0) is 21.3. The van der Waals surface area contributed by atoms with Gasteiger partial charge in [-0.25, -0.2) is 9.59 Å². The molecule has 0 bridgehead atoms. The maximum Gasteiger partial charge on any atom is 0.416 e. The Morgan fingerprint density at radius 2 is 2.00 bits per heavy atom. The summed E-state index contributed by atoms with van der Waals surface area (Å²) in [5.74, 6) is 0.748. The van der Waals surface area contributed by atoms with Gasteiger partial charge in [0.15, 0.2) is 10.9 Å². The van der Waals surface area contributed by atoms with E-state index in [4.69, 9.17) is 25.8 Å². The van der Waals surface area contributed by atoms with Crippen LogP contribution in [0, 0.1) is 6.92 Å². The number of amides is 1. The Hall–Kier alpha value is -2.87. The highest BCUT2D eigenvalue weighted by atomic mass is 35.5. The van der Waals surface area contributed by atoms with E-state index >= 15 is 0 Å². The first-order valence-electron chi connectivity index (χ1n) is 9.84. The summed E-state index contributed by atoms with van der Waals surface area (Å²) >= 11 is 5.98. The fraction of sp³-hybridized carbons (Fsp3) is 0.429. The summed E-state index contributed by atoms with van der Waals surface area (Å²) in [6, 6.07) is 6.67. The minimum absolute atomic E-state index is 0.0396. The van der Waals surface area contributed by atoms with Crippen molar-refractivity contribution in [1.29, 1.82) is 0 Å². The van der Waals surface area contributed by atoms with Crippen molar-refractivity contribution in [2.45, 2.75) is 44.6 Å². The van der Waals surface area contributed by atoms with Gasteiger partial charge in [0.05, 0.1) is 7.11 Å². The van der Waals surface area contributed by atoms with Gasteiger partial charge in [-0.2, -0.15) is 0 Å². The van der Waals surface area contributed by atoms with Crippen molar-refractivity contribution in [2.24, 2.45) is 0 Å². The number of carbonyl (C=O) groups is 2. The van der Waals surface area contributed by atoms with Crippen molar-refractivity contribution in [3.05, 3.63) is 40.5 Å². The number of aromatic nitrogens is 2. The Morgan fingerprint density at radius 1 is 1.20 bits per heavy atom. The number of hydrogen-bond donors (Lipinski definition) is 0.